The topological polar surface area (TPSA) is 251 Å². The number of nitrogens with zero attached hydrogens (tertiary/aromatic N) is 3. The smallest absolute Gasteiger partial charge is 0.435 e. The molecule has 1 fully saturated rings. The number of carbonyl (C=O) groups excluding carboxylic acids is 3. The molecule has 0 spiro atoms. The van der Waals surface area contributed by atoms with E-state index in [1.807, 2.05) is 0 Å². The van der Waals surface area contributed by atoms with E-state index >= 15 is 0 Å². The molecule has 0 unspecified atom stereocenters. The van der Waals surface area contributed by atoms with E-state index in [0.717, 1.165) is 29.5 Å². The van der Waals surface area contributed by atoms with Gasteiger partial charge in [-0.25, -0.2) is 19.0 Å². The zero-order valence-corrected chi connectivity index (χ0v) is 21.4. The van der Waals surface area contributed by atoms with E-state index in [1.165, 1.54) is 19.2 Å². The molecular weight excluding hydrogens is 549 g/mol. The Kier molecular flexibility index (Phi) is 8.06. The molecular formula is C20H22N5O11PS. The number of aliphatic carboxylic acids is 1. The third-order valence-corrected chi connectivity index (χ3v) is 7.15. The van der Waals surface area contributed by atoms with E-state index in [0.29, 0.717) is 4.67 Å². The molecule has 1 saturated heterocycles. The monoisotopic (exact) mass is 571 g/mol. The quantitative estimate of drug-likeness (QED) is 0.0521. The molecule has 2 heterocycles. The number of phenols is 2. The van der Waals surface area contributed by atoms with Crippen LogP contribution < -0.4 is 11.1 Å². The number of anilines is 1. The number of rotatable bonds is 11. The van der Waals surface area contributed by atoms with E-state index in [-0.39, 0.29) is 16.4 Å². The van der Waals surface area contributed by atoms with Crippen LogP contribution in [0.5, 0.6) is 11.5 Å². The average molecular weight is 571 g/mol. The lowest BCUT2D eigenvalue weighted by molar-refractivity contribution is -0.161. The second-order valence-corrected chi connectivity index (χ2v) is 10.9. The van der Waals surface area contributed by atoms with Crippen LogP contribution in [0.25, 0.3) is 0 Å². The molecule has 0 bridgehead atoms. The molecule has 2 aromatic rings. The number of β-lactam (4-membered cyclic amide) rings is 1. The minimum atomic E-state index is -4.80. The summed E-state index contributed by atoms with van der Waals surface area (Å²) in [5, 5.41) is 35.2. The number of benzene rings is 1. The molecule has 7 N–H and O–H groups in total. The number of carboxylic acids is 1. The van der Waals surface area contributed by atoms with Crippen LogP contribution in [-0.4, -0.2) is 83.9 Å². The number of aromatic nitrogens is 1. The molecule has 18 heteroatoms. The van der Waals surface area contributed by atoms with Crippen molar-refractivity contribution in [1.29, 1.82) is 0 Å². The van der Waals surface area contributed by atoms with Gasteiger partial charge in [-0.3, -0.25) is 18.9 Å². The van der Waals surface area contributed by atoms with Crippen LogP contribution in [0.1, 0.15) is 29.9 Å². The van der Waals surface area contributed by atoms with Gasteiger partial charge in [0.2, 0.25) is 5.60 Å². The summed E-state index contributed by atoms with van der Waals surface area (Å²) >= 11 is 0.959. The number of nitrogen functional groups attached to an aromatic ring is 1. The summed E-state index contributed by atoms with van der Waals surface area (Å²) in [6.07, 6.45) is 0. The molecule has 1 aliphatic heterocycles. The van der Waals surface area contributed by atoms with Crippen LogP contribution >= 0.6 is 19.1 Å². The van der Waals surface area contributed by atoms with Crippen molar-refractivity contribution in [2.24, 2.45) is 5.16 Å². The summed E-state index contributed by atoms with van der Waals surface area (Å²) in [4.78, 5) is 67.7. The number of phenolic OH excluding ortho intramolecular Hbond substituents is 2. The SMILES string of the molecule is CC(C)(O/N=C(\C(=O)N[C@@H]1CN([P@@](=O)(O)OCC(=O)c2ccc(O)c(O)c2)C1=O)c1csc(N)n1)C(=O)O. The number of amides is 2. The van der Waals surface area contributed by atoms with E-state index in [2.05, 4.69) is 15.5 Å². The number of nitrogens with two attached hydrogens (primary N) is 1. The molecule has 1 aromatic heterocycles. The zero-order chi connectivity index (χ0) is 28.4. The predicted molar refractivity (Wildman–Crippen MR) is 129 cm³/mol. The van der Waals surface area contributed by atoms with Gasteiger partial charge in [0, 0.05) is 10.9 Å². The number of thiazole rings is 1. The fourth-order valence-corrected chi connectivity index (χ4v) is 4.49. The molecule has 2 amide bonds. The lowest BCUT2D eigenvalue weighted by Gasteiger charge is -2.39. The number of ketones is 1. The third kappa shape index (κ3) is 6.25. The number of Topliss-reactive ketones (excluding diaryl/α,β-unsaturated/α-hetero) is 1. The first-order valence-corrected chi connectivity index (χ1v) is 12.9. The van der Waals surface area contributed by atoms with Gasteiger partial charge in [0.1, 0.15) is 18.3 Å². The van der Waals surface area contributed by atoms with Crippen LogP contribution in [0.2, 0.25) is 0 Å². The number of hydrogen-bond acceptors (Lipinski definition) is 13. The van der Waals surface area contributed by atoms with Crippen molar-refractivity contribution < 1.29 is 53.3 Å². The second-order valence-electron chi connectivity index (χ2n) is 8.25. The molecule has 0 radical (unpaired) electrons. The highest BCUT2D eigenvalue weighted by Gasteiger charge is 2.49. The summed E-state index contributed by atoms with van der Waals surface area (Å²) in [7, 11) is -4.80. The molecule has 2 atom stereocenters. The Morgan fingerprint density at radius 1 is 1.32 bits per heavy atom. The van der Waals surface area contributed by atoms with Gasteiger partial charge in [0.25, 0.3) is 11.8 Å². The van der Waals surface area contributed by atoms with Gasteiger partial charge in [0.05, 0.1) is 6.54 Å². The van der Waals surface area contributed by atoms with Gasteiger partial charge in [0.15, 0.2) is 28.1 Å². The predicted octanol–water partition coefficient (Wildman–Crippen LogP) is 0.0473. The van der Waals surface area contributed by atoms with Gasteiger partial charge >= 0.3 is 13.7 Å². The Morgan fingerprint density at radius 3 is 2.55 bits per heavy atom. The van der Waals surface area contributed by atoms with E-state index in [1.54, 1.807) is 0 Å². The zero-order valence-electron chi connectivity index (χ0n) is 19.7. The lowest BCUT2D eigenvalue weighted by Crippen LogP contribution is -2.63. The van der Waals surface area contributed by atoms with Crippen molar-refractivity contribution in [2.75, 3.05) is 18.9 Å². The number of carbonyl (C=O) groups is 4. The fraction of sp³-hybridized carbons (Fsp3) is 0.300. The van der Waals surface area contributed by atoms with Crippen LogP contribution in [0.3, 0.4) is 0 Å². The Labute approximate surface area is 217 Å². The number of nitrogens with one attached hydrogen (secondary N) is 1. The average Bonchev–Trinajstić information content (AvgIpc) is 3.26. The van der Waals surface area contributed by atoms with Crippen molar-refractivity contribution in [3.05, 3.63) is 34.8 Å². The first kappa shape index (κ1) is 28.5. The minimum absolute atomic E-state index is 0.0650. The first-order chi connectivity index (χ1) is 17.6. The van der Waals surface area contributed by atoms with Crippen molar-refractivity contribution in [3.63, 3.8) is 0 Å². The van der Waals surface area contributed by atoms with Crippen LogP contribution in [0.15, 0.2) is 28.7 Å². The Hall–Kier alpha value is -4.05. The Balaban J connectivity index is 1.64. The standard InChI is InChI=1S/C20H22N5O11PS/c1-20(2,18(31)32)36-24-15(11-8-38-19(21)23-11)16(29)22-10-6-25(17(10)30)37(33,34)35-7-14(28)9-3-4-12(26)13(27)5-9/h3-5,8,10,26-27H,6-7H2,1-2H3,(H2,21,23)(H,22,29)(H,31,32)(H,33,34)/b24-15-/t10-/m1/s1. The van der Waals surface area contributed by atoms with Crippen LogP contribution in [0, 0.1) is 0 Å². The first-order valence-electron chi connectivity index (χ1n) is 10.5. The highest BCUT2D eigenvalue weighted by molar-refractivity contribution is 7.51. The molecule has 1 aliphatic rings. The molecule has 1 aromatic carbocycles. The van der Waals surface area contributed by atoms with Gasteiger partial charge in [-0.05, 0) is 32.0 Å². The highest BCUT2D eigenvalue weighted by atomic mass is 32.1. The number of oxime groups is 1. The van der Waals surface area contributed by atoms with Gasteiger partial charge in [-0.1, -0.05) is 5.16 Å². The minimum Gasteiger partial charge on any atom is -0.504 e. The molecule has 38 heavy (non-hydrogen) atoms. The number of carboxylic acid groups (broad SMARTS) is 1. The molecule has 204 valence electrons. The fourth-order valence-electron chi connectivity index (χ4n) is 2.76. The van der Waals surface area contributed by atoms with Crippen molar-refractivity contribution in [1.82, 2.24) is 15.0 Å². The molecule has 0 saturated carbocycles. The van der Waals surface area contributed by atoms with Crippen molar-refractivity contribution >= 4 is 53.5 Å². The number of aromatic hydroxyl groups is 2. The maximum absolute atomic E-state index is 12.8. The number of hydrogen-bond donors (Lipinski definition) is 6. The van der Waals surface area contributed by atoms with Crippen LogP contribution in [-0.2, 0) is 28.3 Å². The molecule has 0 aliphatic carbocycles. The Bertz CT molecular complexity index is 1370. The Morgan fingerprint density at radius 2 is 2.00 bits per heavy atom. The van der Waals surface area contributed by atoms with Crippen molar-refractivity contribution in [2.45, 2.75) is 25.5 Å². The highest BCUT2D eigenvalue weighted by Crippen LogP contribution is 2.49. The van der Waals surface area contributed by atoms with E-state index in [9.17, 15) is 44.0 Å². The summed E-state index contributed by atoms with van der Waals surface area (Å²) in [5.41, 5.74) is 3.08. The van der Waals surface area contributed by atoms with E-state index in [4.69, 9.17) is 15.1 Å². The third-order valence-electron chi connectivity index (χ3n) is 5.04. The summed E-state index contributed by atoms with van der Waals surface area (Å²) in [6, 6.07) is 1.84. The normalized spacial score (nSPS) is 17.3. The van der Waals surface area contributed by atoms with E-state index < -0.39 is 73.3 Å². The molecule has 3 rings (SSSR count). The van der Waals surface area contributed by atoms with Gasteiger partial charge in [-0.2, -0.15) is 0 Å². The largest absolute Gasteiger partial charge is 0.504 e. The lowest BCUT2D eigenvalue weighted by atomic mass is 10.1. The van der Waals surface area contributed by atoms with Crippen LogP contribution in [0.4, 0.5) is 5.13 Å². The maximum Gasteiger partial charge on any atom is 0.435 e. The van der Waals surface area contributed by atoms with Gasteiger partial charge < -0.3 is 36.1 Å². The molecule has 16 nitrogen and oxygen atoms in total. The summed E-state index contributed by atoms with van der Waals surface area (Å²) in [5.74, 6) is -5.27. The maximum atomic E-state index is 12.8. The summed E-state index contributed by atoms with van der Waals surface area (Å²) < 4.78 is 17.7. The summed E-state index contributed by atoms with van der Waals surface area (Å²) in [6.45, 7) is 0.966. The van der Waals surface area contributed by atoms with Crippen molar-refractivity contribution in [3.8, 4) is 11.5 Å². The second kappa shape index (κ2) is 10.7. The van der Waals surface area contributed by atoms with Gasteiger partial charge in [-0.15, -0.1) is 11.3 Å².